The summed E-state index contributed by atoms with van der Waals surface area (Å²) in [5.41, 5.74) is 0.733. The van der Waals surface area contributed by atoms with Crippen molar-refractivity contribution in [2.24, 2.45) is 0 Å². The summed E-state index contributed by atoms with van der Waals surface area (Å²) in [6, 6.07) is 17.6. The lowest BCUT2D eigenvalue weighted by Gasteiger charge is -2.08. The molecule has 1 amide bonds. The normalized spacial score (nSPS) is 11.1. The van der Waals surface area contributed by atoms with Gasteiger partial charge in [0.25, 0.3) is 5.91 Å². The Bertz CT molecular complexity index is 1050. The predicted octanol–water partition coefficient (Wildman–Crippen LogP) is 4.13. The molecule has 0 aliphatic carbocycles. The fraction of sp³-hybridized carbons (Fsp3) is 0. The fourth-order valence-corrected chi connectivity index (χ4v) is 3.71. The van der Waals surface area contributed by atoms with Crippen LogP contribution in [0.4, 0.5) is 5.69 Å². The quantitative estimate of drug-likeness (QED) is 0.705. The number of halogens is 1. The molecule has 0 aromatic heterocycles. The molecule has 0 saturated carbocycles. The van der Waals surface area contributed by atoms with Crippen LogP contribution in [0, 0.1) is 0 Å². The van der Waals surface area contributed by atoms with Crippen LogP contribution in [0.2, 0.25) is 5.02 Å². The second-order valence-electron chi connectivity index (χ2n) is 5.49. The predicted molar refractivity (Wildman–Crippen MR) is 99.4 cm³/mol. The zero-order chi connectivity index (χ0) is 18.7. The summed E-state index contributed by atoms with van der Waals surface area (Å²) in [4.78, 5) is 12.4. The molecule has 5 nitrogen and oxygen atoms in total. The van der Waals surface area contributed by atoms with E-state index in [0.717, 1.165) is 0 Å². The maximum Gasteiger partial charge on any atom is 0.255 e. The van der Waals surface area contributed by atoms with Gasteiger partial charge in [-0.05, 0) is 60.7 Å². The summed E-state index contributed by atoms with van der Waals surface area (Å²) in [6.07, 6.45) is 0. The second-order valence-corrected chi connectivity index (χ2v) is 7.87. The molecule has 3 aromatic carbocycles. The van der Waals surface area contributed by atoms with Crippen LogP contribution in [0.5, 0.6) is 5.75 Å². The number of phenolic OH excluding ortho intramolecular Hbond substituents is 1. The number of amides is 1. The van der Waals surface area contributed by atoms with Crippen molar-refractivity contribution in [3.8, 4) is 5.75 Å². The molecule has 0 atom stereocenters. The first kappa shape index (κ1) is 18.0. The first-order valence-corrected chi connectivity index (χ1v) is 9.43. The SMILES string of the molecule is O=C(Nc1cccc(O)c1)c1ccc(S(=O)(=O)c2ccc(Cl)cc2)cc1. The Morgan fingerprint density at radius 1 is 0.885 bits per heavy atom. The molecule has 0 saturated heterocycles. The van der Waals surface area contributed by atoms with E-state index in [2.05, 4.69) is 5.32 Å². The largest absolute Gasteiger partial charge is 0.508 e. The molecule has 0 heterocycles. The number of hydrogen-bond acceptors (Lipinski definition) is 4. The van der Waals surface area contributed by atoms with E-state index in [-0.39, 0.29) is 15.5 Å². The van der Waals surface area contributed by atoms with Gasteiger partial charge in [-0.1, -0.05) is 17.7 Å². The van der Waals surface area contributed by atoms with Gasteiger partial charge in [0.15, 0.2) is 0 Å². The number of sulfone groups is 1. The molecule has 0 bridgehead atoms. The number of benzene rings is 3. The van der Waals surface area contributed by atoms with Crippen LogP contribution in [-0.2, 0) is 9.84 Å². The van der Waals surface area contributed by atoms with Gasteiger partial charge in [-0.25, -0.2) is 8.42 Å². The lowest BCUT2D eigenvalue weighted by atomic mass is 10.2. The summed E-state index contributed by atoms with van der Waals surface area (Å²) in [5, 5.41) is 12.5. The minimum atomic E-state index is -3.69. The molecule has 0 radical (unpaired) electrons. The third kappa shape index (κ3) is 3.87. The first-order valence-electron chi connectivity index (χ1n) is 7.57. The molecule has 0 aliphatic heterocycles. The Morgan fingerprint density at radius 3 is 2.04 bits per heavy atom. The molecule has 3 aromatic rings. The fourth-order valence-electron chi connectivity index (χ4n) is 2.32. The number of nitrogens with one attached hydrogen (secondary N) is 1. The van der Waals surface area contributed by atoms with Crippen molar-refractivity contribution in [1.82, 2.24) is 0 Å². The minimum Gasteiger partial charge on any atom is -0.508 e. The number of anilines is 1. The van der Waals surface area contributed by atoms with Crippen LogP contribution in [0.1, 0.15) is 10.4 Å². The molecule has 3 rings (SSSR count). The standard InChI is InChI=1S/C19H14ClNO4S/c20-14-6-10-18(11-7-14)26(24,25)17-8-4-13(5-9-17)19(23)21-15-2-1-3-16(22)12-15/h1-12,22H,(H,21,23). The van der Waals surface area contributed by atoms with Crippen LogP contribution in [-0.4, -0.2) is 19.4 Å². The van der Waals surface area contributed by atoms with Crippen molar-refractivity contribution in [2.45, 2.75) is 9.79 Å². The molecule has 132 valence electrons. The van der Waals surface area contributed by atoms with Crippen LogP contribution in [0.15, 0.2) is 82.6 Å². The van der Waals surface area contributed by atoms with Gasteiger partial charge in [-0.2, -0.15) is 0 Å². The molecule has 2 N–H and O–H groups in total. The highest BCUT2D eigenvalue weighted by atomic mass is 35.5. The Balaban J connectivity index is 1.81. The Morgan fingerprint density at radius 2 is 1.46 bits per heavy atom. The number of carbonyl (C=O) groups excluding carboxylic acids is 1. The molecule has 0 spiro atoms. The third-order valence-electron chi connectivity index (χ3n) is 3.65. The Labute approximate surface area is 155 Å². The van der Waals surface area contributed by atoms with Crippen molar-refractivity contribution < 1.29 is 18.3 Å². The molecular weight excluding hydrogens is 374 g/mol. The monoisotopic (exact) mass is 387 g/mol. The summed E-state index contributed by atoms with van der Waals surface area (Å²) in [6.45, 7) is 0. The summed E-state index contributed by atoms with van der Waals surface area (Å²) in [5.74, 6) is -0.377. The van der Waals surface area contributed by atoms with E-state index >= 15 is 0 Å². The van der Waals surface area contributed by atoms with Gasteiger partial charge >= 0.3 is 0 Å². The highest BCUT2D eigenvalue weighted by Crippen LogP contribution is 2.23. The van der Waals surface area contributed by atoms with Crippen molar-refractivity contribution in [3.63, 3.8) is 0 Å². The van der Waals surface area contributed by atoms with Crippen molar-refractivity contribution in [1.29, 1.82) is 0 Å². The van der Waals surface area contributed by atoms with Crippen molar-refractivity contribution in [3.05, 3.63) is 83.4 Å². The number of phenols is 1. The lowest BCUT2D eigenvalue weighted by molar-refractivity contribution is 0.102. The third-order valence-corrected chi connectivity index (χ3v) is 5.69. The van der Waals surface area contributed by atoms with E-state index in [1.807, 2.05) is 0 Å². The van der Waals surface area contributed by atoms with Crippen LogP contribution < -0.4 is 5.32 Å². The van der Waals surface area contributed by atoms with Crippen molar-refractivity contribution in [2.75, 3.05) is 5.32 Å². The van der Waals surface area contributed by atoms with Gasteiger partial charge in [0.2, 0.25) is 9.84 Å². The van der Waals surface area contributed by atoms with Crippen LogP contribution >= 0.6 is 11.6 Å². The number of aromatic hydroxyl groups is 1. The smallest absolute Gasteiger partial charge is 0.255 e. The van der Waals surface area contributed by atoms with E-state index in [0.29, 0.717) is 16.3 Å². The maximum absolute atomic E-state index is 12.6. The Hall–Kier alpha value is -2.83. The molecular formula is C19H14ClNO4S. The van der Waals surface area contributed by atoms with Gasteiger partial charge in [-0.15, -0.1) is 0 Å². The number of hydrogen-bond donors (Lipinski definition) is 2. The lowest BCUT2D eigenvalue weighted by Crippen LogP contribution is -2.12. The molecule has 0 unspecified atom stereocenters. The summed E-state index contributed by atoms with van der Waals surface area (Å²) >= 11 is 5.78. The van der Waals surface area contributed by atoms with E-state index in [9.17, 15) is 18.3 Å². The molecule has 26 heavy (non-hydrogen) atoms. The van der Waals surface area contributed by atoms with Gasteiger partial charge in [-0.3, -0.25) is 4.79 Å². The average molecular weight is 388 g/mol. The van der Waals surface area contributed by atoms with Gasteiger partial charge in [0.05, 0.1) is 9.79 Å². The van der Waals surface area contributed by atoms with Crippen molar-refractivity contribution >= 4 is 33.0 Å². The van der Waals surface area contributed by atoms with E-state index in [4.69, 9.17) is 11.6 Å². The number of carbonyl (C=O) groups is 1. The number of rotatable bonds is 4. The molecule has 0 aliphatic rings. The van der Waals surface area contributed by atoms with Gasteiger partial charge in [0.1, 0.15) is 5.75 Å². The first-order chi connectivity index (χ1) is 12.4. The van der Waals surface area contributed by atoms with Gasteiger partial charge in [0, 0.05) is 22.3 Å². The average Bonchev–Trinajstić information content (AvgIpc) is 2.62. The molecule has 0 fully saturated rings. The minimum absolute atomic E-state index is 0.0344. The second kappa shape index (κ2) is 7.19. The molecule has 7 heteroatoms. The van der Waals surface area contributed by atoms with E-state index in [1.165, 1.54) is 60.7 Å². The van der Waals surface area contributed by atoms with E-state index in [1.54, 1.807) is 12.1 Å². The highest BCUT2D eigenvalue weighted by molar-refractivity contribution is 7.91. The Kier molecular flexibility index (Phi) is 4.97. The highest BCUT2D eigenvalue weighted by Gasteiger charge is 2.18. The summed E-state index contributed by atoms with van der Waals surface area (Å²) < 4.78 is 25.2. The zero-order valence-electron chi connectivity index (χ0n) is 13.4. The van der Waals surface area contributed by atoms with E-state index < -0.39 is 15.7 Å². The summed E-state index contributed by atoms with van der Waals surface area (Å²) in [7, 11) is -3.69. The maximum atomic E-state index is 12.6. The van der Waals surface area contributed by atoms with Gasteiger partial charge < -0.3 is 10.4 Å². The van der Waals surface area contributed by atoms with Crippen LogP contribution in [0.25, 0.3) is 0 Å². The topological polar surface area (TPSA) is 83.5 Å². The van der Waals surface area contributed by atoms with Crippen LogP contribution in [0.3, 0.4) is 0 Å². The zero-order valence-corrected chi connectivity index (χ0v) is 15.0.